The second-order valence-corrected chi connectivity index (χ2v) is 4.56. The van der Waals surface area contributed by atoms with Crippen LogP contribution in [0.15, 0.2) is 12.1 Å². The van der Waals surface area contributed by atoms with Crippen molar-refractivity contribution >= 4 is 29.2 Å². The van der Waals surface area contributed by atoms with E-state index in [1.165, 1.54) is 0 Å². The fourth-order valence-electron chi connectivity index (χ4n) is 1.42. The predicted octanol–water partition coefficient (Wildman–Crippen LogP) is 2.93. The molecule has 1 aromatic rings. The molecule has 0 amide bonds. The van der Waals surface area contributed by atoms with Crippen LogP contribution < -0.4 is 10.5 Å². The largest absolute Gasteiger partial charge is 0.573 e. The van der Waals surface area contributed by atoms with E-state index < -0.39 is 24.1 Å². The summed E-state index contributed by atoms with van der Waals surface area (Å²) in [7, 11) is 1.16. The molecule has 1 aromatic carbocycles. The third-order valence-corrected chi connectivity index (χ3v) is 2.95. The Hall–Kier alpha value is -1.18. The number of nitrogens with two attached hydrogens (primary N) is 1. The molecule has 0 saturated heterocycles. The Morgan fingerprint density at radius 1 is 1.35 bits per heavy atom. The van der Waals surface area contributed by atoms with Crippen molar-refractivity contribution in [3.05, 3.63) is 27.7 Å². The third-order valence-electron chi connectivity index (χ3n) is 2.28. The molecule has 0 heterocycles. The van der Waals surface area contributed by atoms with E-state index in [-0.39, 0.29) is 22.0 Å². The highest BCUT2D eigenvalue weighted by atomic mass is 35.5. The van der Waals surface area contributed by atoms with E-state index in [9.17, 15) is 18.0 Å². The van der Waals surface area contributed by atoms with Crippen molar-refractivity contribution in [1.29, 1.82) is 0 Å². The molecule has 0 aliphatic rings. The quantitative estimate of drug-likeness (QED) is 0.861. The number of alkyl halides is 3. The first kappa shape index (κ1) is 16.9. The van der Waals surface area contributed by atoms with Crippen molar-refractivity contribution in [2.45, 2.75) is 18.8 Å². The highest BCUT2D eigenvalue weighted by Gasteiger charge is 2.31. The average molecular weight is 332 g/mol. The smallest absolute Gasteiger partial charge is 0.468 e. The van der Waals surface area contributed by atoms with Gasteiger partial charge in [0.25, 0.3) is 0 Å². The SMILES string of the molecule is COC(=O)C(N)Cc1c(Cl)cc(OC(F)(F)F)cc1Cl. The van der Waals surface area contributed by atoms with Gasteiger partial charge in [0, 0.05) is 16.5 Å². The van der Waals surface area contributed by atoms with Crippen LogP contribution >= 0.6 is 23.2 Å². The molecule has 1 unspecified atom stereocenters. The Bertz CT molecular complexity index is 485. The minimum absolute atomic E-state index is 0.0728. The van der Waals surface area contributed by atoms with Crippen LogP contribution in [0.5, 0.6) is 5.75 Å². The molecule has 0 aliphatic heterocycles. The van der Waals surface area contributed by atoms with E-state index in [4.69, 9.17) is 28.9 Å². The summed E-state index contributed by atoms with van der Waals surface area (Å²) in [4.78, 5) is 11.2. The van der Waals surface area contributed by atoms with E-state index in [2.05, 4.69) is 9.47 Å². The van der Waals surface area contributed by atoms with Crippen LogP contribution in [0.3, 0.4) is 0 Å². The fraction of sp³-hybridized carbons (Fsp3) is 0.364. The zero-order chi connectivity index (χ0) is 15.5. The summed E-state index contributed by atoms with van der Waals surface area (Å²) in [5.41, 5.74) is 5.77. The number of ether oxygens (including phenoxy) is 2. The van der Waals surface area contributed by atoms with Crippen molar-refractivity contribution in [2.75, 3.05) is 7.11 Å². The number of carbonyl (C=O) groups excluding carboxylic acids is 1. The normalized spacial score (nSPS) is 12.9. The summed E-state index contributed by atoms with van der Waals surface area (Å²) in [6.07, 6.45) is -4.92. The molecule has 20 heavy (non-hydrogen) atoms. The van der Waals surface area contributed by atoms with Crippen molar-refractivity contribution in [2.24, 2.45) is 5.73 Å². The van der Waals surface area contributed by atoms with Crippen LogP contribution in [-0.4, -0.2) is 25.5 Å². The molecule has 0 saturated carbocycles. The van der Waals surface area contributed by atoms with Gasteiger partial charge in [0.15, 0.2) is 0 Å². The van der Waals surface area contributed by atoms with Crippen LogP contribution in [0.2, 0.25) is 10.0 Å². The molecule has 0 fully saturated rings. The molecule has 0 spiro atoms. The Labute approximate surface area is 122 Å². The Morgan fingerprint density at radius 2 is 1.85 bits per heavy atom. The molecule has 4 nitrogen and oxygen atoms in total. The molecule has 1 rings (SSSR count). The monoisotopic (exact) mass is 331 g/mol. The van der Waals surface area contributed by atoms with Gasteiger partial charge in [0.1, 0.15) is 11.8 Å². The van der Waals surface area contributed by atoms with Crippen LogP contribution in [0.25, 0.3) is 0 Å². The van der Waals surface area contributed by atoms with E-state index in [0.717, 1.165) is 19.2 Å². The molecule has 0 aliphatic carbocycles. The molecule has 0 bridgehead atoms. The molecule has 9 heteroatoms. The van der Waals surface area contributed by atoms with Crippen molar-refractivity contribution in [3.8, 4) is 5.75 Å². The average Bonchev–Trinajstić information content (AvgIpc) is 2.30. The Kier molecular flexibility index (Phi) is 5.50. The van der Waals surface area contributed by atoms with Gasteiger partial charge >= 0.3 is 12.3 Å². The summed E-state index contributed by atoms with van der Waals surface area (Å²) in [6, 6.07) is 0.866. The maximum atomic E-state index is 12.1. The minimum atomic E-state index is -4.85. The standard InChI is InChI=1S/C11H10Cl2F3NO3/c1-19-10(18)9(17)4-6-7(12)2-5(3-8(6)13)20-11(14,15)16/h2-3,9H,4,17H2,1H3. The lowest BCUT2D eigenvalue weighted by molar-refractivity contribution is -0.274. The first-order chi connectivity index (χ1) is 9.14. The van der Waals surface area contributed by atoms with Gasteiger partial charge in [0.2, 0.25) is 0 Å². The molecule has 0 radical (unpaired) electrons. The number of benzene rings is 1. The molecule has 2 N–H and O–H groups in total. The highest BCUT2D eigenvalue weighted by Crippen LogP contribution is 2.33. The van der Waals surface area contributed by atoms with Crippen LogP contribution in [0.1, 0.15) is 5.56 Å². The second-order valence-electron chi connectivity index (χ2n) is 3.75. The van der Waals surface area contributed by atoms with E-state index >= 15 is 0 Å². The van der Waals surface area contributed by atoms with Gasteiger partial charge < -0.3 is 15.2 Å². The summed E-state index contributed by atoms with van der Waals surface area (Å²) >= 11 is 11.6. The zero-order valence-electron chi connectivity index (χ0n) is 10.1. The van der Waals surface area contributed by atoms with Gasteiger partial charge in [-0.1, -0.05) is 23.2 Å². The number of hydrogen-bond acceptors (Lipinski definition) is 4. The summed E-state index contributed by atoms with van der Waals surface area (Å²) in [5.74, 6) is -1.24. The summed E-state index contributed by atoms with van der Waals surface area (Å²) in [5, 5.41) is -0.174. The van der Waals surface area contributed by atoms with Gasteiger partial charge in [-0.2, -0.15) is 0 Å². The first-order valence-corrected chi connectivity index (χ1v) is 5.96. The van der Waals surface area contributed by atoms with Gasteiger partial charge in [0.05, 0.1) is 7.11 Å². The molecule has 1 atom stereocenters. The first-order valence-electron chi connectivity index (χ1n) is 5.21. The maximum absolute atomic E-state index is 12.1. The van der Waals surface area contributed by atoms with E-state index in [1.807, 2.05) is 0 Å². The minimum Gasteiger partial charge on any atom is -0.468 e. The van der Waals surface area contributed by atoms with Gasteiger partial charge in [-0.3, -0.25) is 4.79 Å². The number of methoxy groups -OCH3 is 1. The van der Waals surface area contributed by atoms with E-state index in [0.29, 0.717) is 0 Å². The van der Waals surface area contributed by atoms with Gasteiger partial charge in [-0.05, 0) is 17.7 Å². The zero-order valence-corrected chi connectivity index (χ0v) is 11.6. The predicted molar refractivity (Wildman–Crippen MR) is 66.8 cm³/mol. The van der Waals surface area contributed by atoms with Crippen LogP contribution in [0.4, 0.5) is 13.2 Å². The number of carbonyl (C=O) groups is 1. The van der Waals surface area contributed by atoms with Crippen molar-refractivity contribution < 1.29 is 27.4 Å². The number of rotatable bonds is 4. The van der Waals surface area contributed by atoms with Crippen LogP contribution in [-0.2, 0) is 16.0 Å². The van der Waals surface area contributed by atoms with Crippen LogP contribution in [0, 0.1) is 0 Å². The van der Waals surface area contributed by atoms with Crippen molar-refractivity contribution in [3.63, 3.8) is 0 Å². The summed E-state index contributed by atoms with van der Waals surface area (Å²) in [6.45, 7) is 0. The molecule has 112 valence electrons. The van der Waals surface area contributed by atoms with Gasteiger partial charge in [-0.15, -0.1) is 13.2 Å². The molecular weight excluding hydrogens is 322 g/mol. The number of halogens is 5. The lowest BCUT2D eigenvalue weighted by Crippen LogP contribution is -2.33. The third kappa shape index (κ3) is 4.73. The Balaban J connectivity index is 2.98. The number of esters is 1. The fourth-order valence-corrected chi connectivity index (χ4v) is 2.04. The van der Waals surface area contributed by atoms with E-state index in [1.54, 1.807) is 0 Å². The second kappa shape index (κ2) is 6.51. The summed E-state index contributed by atoms with van der Waals surface area (Å²) < 4.78 is 44.4. The van der Waals surface area contributed by atoms with Gasteiger partial charge in [-0.25, -0.2) is 0 Å². The maximum Gasteiger partial charge on any atom is 0.573 e. The molecule has 0 aromatic heterocycles. The Morgan fingerprint density at radius 3 is 2.25 bits per heavy atom. The van der Waals surface area contributed by atoms with Crippen molar-refractivity contribution in [1.82, 2.24) is 0 Å². The highest BCUT2D eigenvalue weighted by molar-refractivity contribution is 6.36. The topological polar surface area (TPSA) is 61.5 Å². The lowest BCUT2D eigenvalue weighted by atomic mass is 10.1. The molecular formula is C11H10Cl2F3NO3. The lowest BCUT2D eigenvalue weighted by Gasteiger charge is -2.14. The number of hydrogen-bond donors (Lipinski definition) is 1.